The van der Waals surface area contributed by atoms with E-state index in [-0.39, 0.29) is 23.9 Å². The Kier molecular flexibility index (Phi) is 5.67. The van der Waals surface area contributed by atoms with Crippen molar-refractivity contribution < 1.29 is 27.1 Å². The van der Waals surface area contributed by atoms with Gasteiger partial charge in [0.15, 0.2) is 0 Å². The van der Waals surface area contributed by atoms with Crippen molar-refractivity contribution in [3.05, 3.63) is 40.7 Å². The van der Waals surface area contributed by atoms with Crippen LogP contribution in [0, 0.1) is 11.2 Å². The van der Waals surface area contributed by atoms with Crippen LogP contribution < -0.4 is 5.32 Å². The number of alkyl halides is 3. The van der Waals surface area contributed by atoms with Crippen molar-refractivity contribution in [2.24, 2.45) is 0 Å². The van der Waals surface area contributed by atoms with Crippen LogP contribution in [0.1, 0.15) is 22.8 Å². The Labute approximate surface area is 124 Å². The number of hydrogen-bond acceptors (Lipinski definition) is 4. The van der Waals surface area contributed by atoms with Gasteiger partial charge in [0.25, 0.3) is 0 Å². The van der Waals surface area contributed by atoms with Gasteiger partial charge in [-0.25, -0.2) is 9.18 Å². The molecule has 0 saturated heterocycles. The van der Waals surface area contributed by atoms with E-state index in [1.165, 1.54) is 0 Å². The van der Waals surface area contributed by atoms with Gasteiger partial charge >= 0.3 is 12.1 Å². The fourth-order valence-corrected chi connectivity index (χ4v) is 1.79. The lowest BCUT2D eigenvalue weighted by Crippen LogP contribution is -2.22. The van der Waals surface area contributed by atoms with E-state index in [1.54, 1.807) is 6.92 Å². The predicted molar refractivity (Wildman–Crippen MR) is 73.2 cm³/mol. The summed E-state index contributed by atoms with van der Waals surface area (Å²) in [5, 5.41) is 9.43. The molecule has 8 heteroatoms. The Morgan fingerprint density at radius 3 is 2.36 bits per heavy atom. The number of carbonyl (C=O) groups is 1. The third kappa shape index (κ3) is 4.06. The van der Waals surface area contributed by atoms with Crippen LogP contribution in [-0.2, 0) is 4.74 Å². The molecule has 0 amide bonds. The second kappa shape index (κ2) is 7.06. The van der Waals surface area contributed by atoms with Crippen LogP contribution in [0.2, 0.25) is 0 Å². The normalized spacial score (nSPS) is 12.5. The third-order valence-corrected chi connectivity index (χ3v) is 2.68. The first kappa shape index (κ1) is 17.7. The summed E-state index contributed by atoms with van der Waals surface area (Å²) in [6, 6.07) is 2.78. The van der Waals surface area contributed by atoms with Crippen molar-refractivity contribution in [3.8, 4) is 0 Å². The summed E-state index contributed by atoms with van der Waals surface area (Å²) in [7, 11) is 1.08. The number of nitrogens with one attached hydrogen (secondary N) is 2. The SMILES string of the molecule is CCN/C(=C(\C=N)C(F)(F)F)c1cc(F)cc(C(=O)OC)c1. The van der Waals surface area contributed by atoms with Crippen molar-refractivity contribution in [2.45, 2.75) is 13.1 Å². The molecule has 0 bridgehead atoms. The lowest BCUT2D eigenvalue weighted by molar-refractivity contribution is -0.0853. The molecule has 0 saturated carbocycles. The predicted octanol–water partition coefficient (Wildman–Crippen LogP) is 3.14. The Bertz CT molecular complexity index is 609. The molecule has 22 heavy (non-hydrogen) atoms. The average Bonchev–Trinajstić information content (AvgIpc) is 2.44. The number of ether oxygens (including phenoxy) is 1. The second-order valence-electron chi connectivity index (χ2n) is 4.18. The van der Waals surface area contributed by atoms with E-state index in [2.05, 4.69) is 10.1 Å². The molecule has 4 nitrogen and oxygen atoms in total. The molecule has 0 aromatic heterocycles. The molecule has 1 aromatic carbocycles. The fourth-order valence-electron chi connectivity index (χ4n) is 1.79. The van der Waals surface area contributed by atoms with Gasteiger partial charge in [0, 0.05) is 18.3 Å². The Morgan fingerprint density at radius 1 is 1.32 bits per heavy atom. The van der Waals surface area contributed by atoms with Crippen molar-refractivity contribution in [1.82, 2.24) is 5.32 Å². The zero-order valence-electron chi connectivity index (χ0n) is 11.8. The highest BCUT2D eigenvalue weighted by Gasteiger charge is 2.35. The summed E-state index contributed by atoms with van der Waals surface area (Å²) < 4.78 is 56.9. The molecule has 1 rings (SSSR count). The molecule has 120 valence electrons. The largest absolute Gasteiger partial charge is 0.465 e. The topological polar surface area (TPSA) is 62.2 Å². The van der Waals surface area contributed by atoms with E-state index in [4.69, 9.17) is 5.41 Å². The van der Waals surface area contributed by atoms with Gasteiger partial charge < -0.3 is 15.5 Å². The minimum absolute atomic E-state index is 0.118. The highest BCUT2D eigenvalue weighted by atomic mass is 19.4. The molecule has 0 aliphatic carbocycles. The standard InChI is InChI=1S/C14H14F4N2O2/c1-3-20-12(11(7-19)14(16,17)18)8-4-9(13(21)22-2)6-10(15)5-8/h4-7,19-20H,3H2,1-2H3/b12-11+,19-7?. The molecule has 0 heterocycles. The van der Waals surface area contributed by atoms with Crippen molar-refractivity contribution in [3.63, 3.8) is 0 Å². The lowest BCUT2D eigenvalue weighted by Gasteiger charge is -2.17. The van der Waals surface area contributed by atoms with Gasteiger partial charge in [-0.3, -0.25) is 0 Å². The van der Waals surface area contributed by atoms with Gasteiger partial charge in [-0.15, -0.1) is 0 Å². The molecular weight excluding hydrogens is 304 g/mol. The highest BCUT2D eigenvalue weighted by Crippen LogP contribution is 2.30. The molecule has 0 spiro atoms. The van der Waals surface area contributed by atoms with Crippen LogP contribution in [0.4, 0.5) is 17.6 Å². The molecule has 0 radical (unpaired) electrons. The quantitative estimate of drug-likeness (QED) is 0.498. The van der Waals surface area contributed by atoms with Gasteiger partial charge in [0.1, 0.15) is 5.82 Å². The first-order valence-corrected chi connectivity index (χ1v) is 6.19. The van der Waals surface area contributed by atoms with E-state index in [9.17, 15) is 22.4 Å². The summed E-state index contributed by atoms with van der Waals surface area (Å²) in [6.45, 7) is 1.67. The Hall–Kier alpha value is -2.38. The Balaban J connectivity index is 3.58. The number of carbonyl (C=O) groups excluding carboxylic acids is 1. The van der Waals surface area contributed by atoms with Crippen LogP contribution >= 0.6 is 0 Å². The third-order valence-electron chi connectivity index (χ3n) is 2.68. The van der Waals surface area contributed by atoms with E-state index in [0.717, 1.165) is 25.3 Å². The minimum Gasteiger partial charge on any atom is -0.465 e. The number of benzene rings is 1. The maximum atomic E-state index is 13.6. The van der Waals surface area contributed by atoms with Gasteiger partial charge in [-0.2, -0.15) is 13.2 Å². The number of hydrogen-bond donors (Lipinski definition) is 2. The Morgan fingerprint density at radius 2 is 1.91 bits per heavy atom. The summed E-state index contributed by atoms with van der Waals surface area (Å²) in [5.41, 5.74) is -2.16. The highest BCUT2D eigenvalue weighted by molar-refractivity contribution is 5.93. The first-order valence-electron chi connectivity index (χ1n) is 6.19. The summed E-state index contributed by atoms with van der Waals surface area (Å²) >= 11 is 0. The molecule has 2 N–H and O–H groups in total. The van der Waals surface area contributed by atoms with Gasteiger partial charge in [-0.1, -0.05) is 0 Å². The monoisotopic (exact) mass is 318 g/mol. The molecule has 0 aliphatic rings. The molecule has 0 atom stereocenters. The maximum absolute atomic E-state index is 13.6. The number of rotatable bonds is 5. The fraction of sp³-hybridized carbons (Fsp3) is 0.286. The molecule has 0 unspecified atom stereocenters. The summed E-state index contributed by atoms with van der Waals surface area (Å²) in [5.74, 6) is -1.76. The second-order valence-corrected chi connectivity index (χ2v) is 4.18. The minimum atomic E-state index is -4.79. The number of allylic oxidation sites excluding steroid dienone is 1. The molecule has 0 aliphatic heterocycles. The zero-order valence-corrected chi connectivity index (χ0v) is 11.8. The smallest absolute Gasteiger partial charge is 0.419 e. The average molecular weight is 318 g/mol. The van der Waals surface area contributed by atoms with Crippen LogP contribution in [-0.4, -0.2) is 32.0 Å². The van der Waals surface area contributed by atoms with Crippen molar-refractivity contribution in [2.75, 3.05) is 13.7 Å². The van der Waals surface area contributed by atoms with Crippen molar-refractivity contribution >= 4 is 17.9 Å². The van der Waals surface area contributed by atoms with E-state index in [0.29, 0.717) is 0 Å². The molecule has 1 aromatic rings. The molecule has 0 fully saturated rings. The van der Waals surface area contributed by atoms with Crippen LogP contribution in [0.5, 0.6) is 0 Å². The first-order chi connectivity index (χ1) is 10.2. The van der Waals surface area contributed by atoms with Crippen LogP contribution in [0.25, 0.3) is 5.70 Å². The van der Waals surface area contributed by atoms with E-state index in [1.807, 2.05) is 0 Å². The number of halogens is 4. The van der Waals surface area contributed by atoms with Crippen LogP contribution in [0.15, 0.2) is 23.8 Å². The summed E-state index contributed by atoms with van der Waals surface area (Å²) in [6.07, 6.45) is -4.66. The number of methoxy groups -OCH3 is 1. The maximum Gasteiger partial charge on any atom is 0.419 e. The van der Waals surface area contributed by atoms with Crippen molar-refractivity contribution in [1.29, 1.82) is 5.41 Å². The lowest BCUT2D eigenvalue weighted by atomic mass is 10.0. The van der Waals surface area contributed by atoms with E-state index >= 15 is 0 Å². The van der Waals surface area contributed by atoms with E-state index < -0.39 is 29.2 Å². The molecular formula is C14H14F4N2O2. The van der Waals surface area contributed by atoms with Gasteiger partial charge in [0.2, 0.25) is 0 Å². The van der Waals surface area contributed by atoms with Gasteiger partial charge in [-0.05, 0) is 25.1 Å². The van der Waals surface area contributed by atoms with Gasteiger partial charge in [0.05, 0.1) is 23.9 Å². The van der Waals surface area contributed by atoms with Crippen LogP contribution in [0.3, 0.4) is 0 Å². The zero-order chi connectivity index (χ0) is 16.9. The summed E-state index contributed by atoms with van der Waals surface area (Å²) in [4.78, 5) is 11.4. The number of esters is 1.